The van der Waals surface area contributed by atoms with E-state index in [2.05, 4.69) is 19.2 Å². The first-order chi connectivity index (χ1) is 6.96. The van der Waals surface area contributed by atoms with E-state index in [0.717, 1.165) is 0 Å². The van der Waals surface area contributed by atoms with Crippen molar-refractivity contribution in [2.45, 2.75) is 45.2 Å². The van der Waals surface area contributed by atoms with Crippen molar-refractivity contribution in [2.75, 3.05) is 13.2 Å². The minimum absolute atomic E-state index is 0. The Balaban J connectivity index is 0.00000225. The Bertz CT molecular complexity index is 228. The molecule has 0 aromatic heterocycles. The van der Waals surface area contributed by atoms with E-state index in [1.165, 1.54) is 0 Å². The highest BCUT2D eigenvalue weighted by molar-refractivity contribution is 5.86. The number of rotatable bonds is 3. The number of carbonyl (C=O) groups excluding carboxylic acids is 1. The molecule has 0 saturated carbocycles. The van der Waals surface area contributed by atoms with Crippen molar-refractivity contribution in [3.63, 3.8) is 0 Å². The second-order valence-electron chi connectivity index (χ2n) is 4.77. The summed E-state index contributed by atoms with van der Waals surface area (Å²) in [6, 6.07) is 0.167. The summed E-state index contributed by atoms with van der Waals surface area (Å²) in [5.41, 5.74) is 5.34. The third-order valence-electron chi connectivity index (χ3n) is 3.20. The highest BCUT2D eigenvalue weighted by Gasteiger charge is 2.36. The highest BCUT2D eigenvalue weighted by atomic mass is 35.5. The molecule has 0 aromatic carbocycles. The van der Waals surface area contributed by atoms with E-state index in [4.69, 9.17) is 10.5 Å². The van der Waals surface area contributed by atoms with Crippen LogP contribution in [0.15, 0.2) is 0 Å². The third-order valence-corrected chi connectivity index (χ3v) is 3.20. The zero-order valence-electron chi connectivity index (χ0n) is 10.3. The van der Waals surface area contributed by atoms with Gasteiger partial charge >= 0.3 is 0 Å². The van der Waals surface area contributed by atoms with Crippen LogP contribution < -0.4 is 11.1 Å². The number of nitrogens with two attached hydrogens (primary N) is 1. The number of nitrogens with one attached hydrogen (secondary N) is 1. The third kappa shape index (κ3) is 3.92. The van der Waals surface area contributed by atoms with Gasteiger partial charge in [0.15, 0.2) is 0 Å². The quantitative estimate of drug-likeness (QED) is 0.788. The van der Waals surface area contributed by atoms with Gasteiger partial charge in [-0.1, -0.05) is 13.8 Å². The van der Waals surface area contributed by atoms with Crippen molar-refractivity contribution in [1.82, 2.24) is 5.32 Å². The van der Waals surface area contributed by atoms with Crippen LogP contribution >= 0.6 is 12.4 Å². The van der Waals surface area contributed by atoms with Gasteiger partial charge in [0.2, 0.25) is 5.91 Å². The fourth-order valence-electron chi connectivity index (χ4n) is 1.48. The molecule has 0 aliphatic carbocycles. The summed E-state index contributed by atoms with van der Waals surface area (Å²) in [7, 11) is 0. The molecule has 1 aliphatic rings. The first-order valence-electron chi connectivity index (χ1n) is 5.63. The Morgan fingerprint density at radius 2 is 1.81 bits per heavy atom. The molecule has 16 heavy (non-hydrogen) atoms. The van der Waals surface area contributed by atoms with Crippen molar-refractivity contribution in [2.24, 2.45) is 11.7 Å². The predicted octanol–water partition coefficient (Wildman–Crippen LogP) is 1.08. The van der Waals surface area contributed by atoms with Crippen LogP contribution in [0.3, 0.4) is 0 Å². The molecule has 5 heteroatoms. The number of hydrogen-bond acceptors (Lipinski definition) is 3. The van der Waals surface area contributed by atoms with Gasteiger partial charge in [0, 0.05) is 19.3 Å². The second kappa shape index (κ2) is 6.42. The molecule has 3 N–H and O–H groups in total. The molecule has 1 aliphatic heterocycles. The molecule has 1 atom stereocenters. The molecule has 1 unspecified atom stereocenters. The molecule has 0 bridgehead atoms. The lowest BCUT2D eigenvalue weighted by Crippen LogP contribution is -2.58. The second-order valence-corrected chi connectivity index (χ2v) is 4.77. The number of carbonyl (C=O) groups is 1. The van der Waals surface area contributed by atoms with E-state index < -0.39 is 5.54 Å². The van der Waals surface area contributed by atoms with Crippen molar-refractivity contribution in [3.05, 3.63) is 0 Å². The Morgan fingerprint density at radius 3 is 2.25 bits per heavy atom. The maximum atomic E-state index is 11.9. The molecular formula is C11H23ClN2O2. The largest absolute Gasteiger partial charge is 0.381 e. The van der Waals surface area contributed by atoms with Crippen LogP contribution in [0, 0.1) is 5.92 Å². The summed E-state index contributed by atoms with van der Waals surface area (Å²) in [6.07, 6.45) is 1.23. The molecule has 1 fully saturated rings. The first-order valence-corrected chi connectivity index (χ1v) is 5.63. The average molecular weight is 251 g/mol. The average Bonchev–Trinajstić information content (AvgIpc) is 2.18. The van der Waals surface area contributed by atoms with Gasteiger partial charge < -0.3 is 15.8 Å². The van der Waals surface area contributed by atoms with Gasteiger partial charge in [-0.15, -0.1) is 12.4 Å². The fraction of sp³-hybridized carbons (Fsp3) is 0.909. The van der Waals surface area contributed by atoms with E-state index in [0.29, 0.717) is 32.0 Å². The van der Waals surface area contributed by atoms with Gasteiger partial charge in [0.1, 0.15) is 0 Å². The summed E-state index contributed by atoms with van der Waals surface area (Å²) >= 11 is 0. The predicted molar refractivity (Wildman–Crippen MR) is 66.7 cm³/mol. The molecule has 0 spiro atoms. The summed E-state index contributed by atoms with van der Waals surface area (Å²) in [4.78, 5) is 11.9. The van der Waals surface area contributed by atoms with E-state index in [1.807, 2.05) is 6.92 Å². The summed E-state index contributed by atoms with van der Waals surface area (Å²) < 4.78 is 5.21. The van der Waals surface area contributed by atoms with Crippen molar-refractivity contribution in [3.8, 4) is 0 Å². The van der Waals surface area contributed by atoms with Crippen molar-refractivity contribution in [1.29, 1.82) is 0 Å². The van der Waals surface area contributed by atoms with Crippen LogP contribution in [-0.4, -0.2) is 30.7 Å². The van der Waals surface area contributed by atoms with E-state index in [-0.39, 0.29) is 24.4 Å². The van der Waals surface area contributed by atoms with Gasteiger partial charge in [-0.05, 0) is 25.7 Å². The zero-order chi connectivity index (χ0) is 11.5. The SMILES string of the molecule is CC(C)C(C)NC(=O)C1(N)CCOCC1.Cl. The lowest BCUT2D eigenvalue weighted by molar-refractivity contribution is -0.130. The topological polar surface area (TPSA) is 64.4 Å². The monoisotopic (exact) mass is 250 g/mol. The normalized spacial score (nSPS) is 21.1. The van der Waals surface area contributed by atoms with E-state index in [9.17, 15) is 4.79 Å². The van der Waals surface area contributed by atoms with E-state index in [1.54, 1.807) is 0 Å². The number of hydrogen-bond donors (Lipinski definition) is 2. The molecular weight excluding hydrogens is 228 g/mol. The minimum Gasteiger partial charge on any atom is -0.381 e. The molecule has 0 aromatic rings. The van der Waals surface area contributed by atoms with Crippen LogP contribution in [0.25, 0.3) is 0 Å². The molecule has 1 heterocycles. The Kier molecular flexibility index (Phi) is 6.30. The summed E-state index contributed by atoms with van der Waals surface area (Å²) in [5.74, 6) is 0.393. The molecule has 1 rings (SSSR count). The van der Waals surface area contributed by atoms with Crippen LogP contribution in [0.4, 0.5) is 0 Å². The Morgan fingerprint density at radius 1 is 1.31 bits per heavy atom. The first kappa shape index (κ1) is 15.7. The number of ether oxygens (including phenoxy) is 1. The van der Waals surface area contributed by atoms with Gasteiger partial charge in [0.05, 0.1) is 5.54 Å². The van der Waals surface area contributed by atoms with Crippen molar-refractivity contribution < 1.29 is 9.53 Å². The maximum Gasteiger partial charge on any atom is 0.240 e. The minimum atomic E-state index is -0.721. The van der Waals surface area contributed by atoms with Gasteiger partial charge in [-0.2, -0.15) is 0 Å². The molecule has 1 saturated heterocycles. The van der Waals surface area contributed by atoms with Crippen molar-refractivity contribution >= 4 is 18.3 Å². The van der Waals surface area contributed by atoms with Gasteiger partial charge in [-0.3, -0.25) is 4.79 Å². The summed E-state index contributed by atoms with van der Waals surface area (Å²) in [6.45, 7) is 7.33. The molecule has 0 radical (unpaired) electrons. The molecule has 4 nitrogen and oxygen atoms in total. The zero-order valence-corrected chi connectivity index (χ0v) is 11.1. The van der Waals surface area contributed by atoms with Crippen LogP contribution in [-0.2, 0) is 9.53 Å². The van der Waals surface area contributed by atoms with Gasteiger partial charge in [0.25, 0.3) is 0 Å². The fourth-order valence-corrected chi connectivity index (χ4v) is 1.48. The standard InChI is InChI=1S/C11H22N2O2.ClH/c1-8(2)9(3)13-10(14)11(12)4-6-15-7-5-11;/h8-9H,4-7,12H2,1-3H3,(H,13,14);1H. The van der Waals surface area contributed by atoms with Gasteiger partial charge in [-0.25, -0.2) is 0 Å². The van der Waals surface area contributed by atoms with Crippen LogP contribution in [0.2, 0.25) is 0 Å². The molecule has 96 valence electrons. The summed E-state index contributed by atoms with van der Waals surface area (Å²) in [5, 5.41) is 2.97. The Labute approximate surface area is 104 Å². The smallest absolute Gasteiger partial charge is 0.240 e. The lowest BCUT2D eigenvalue weighted by atomic mass is 9.89. The number of amides is 1. The van der Waals surface area contributed by atoms with Crippen LogP contribution in [0.5, 0.6) is 0 Å². The Hall–Kier alpha value is -0.320. The highest BCUT2D eigenvalue weighted by Crippen LogP contribution is 2.18. The number of halogens is 1. The molecule has 1 amide bonds. The van der Waals surface area contributed by atoms with Crippen LogP contribution in [0.1, 0.15) is 33.6 Å². The lowest BCUT2D eigenvalue weighted by Gasteiger charge is -2.33. The maximum absolute atomic E-state index is 11.9. The van der Waals surface area contributed by atoms with E-state index >= 15 is 0 Å².